The first-order valence-electron chi connectivity index (χ1n) is 6.01. The molecule has 0 heterocycles. The van der Waals surface area contributed by atoms with Crippen LogP contribution in [0.25, 0.3) is 0 Å². The average molecular weight is 241 g/mol. The maximum absolute atomic E-state index is 13.9. The summed E-state index contributed by atoms with van der Waals surface area (Å²) >= 11 is 0. The van der Waals surface area contributed by atoms with E-state index in [0.717, 1.165) is 18.4 Å². The highest BCUT2D eigenvalue weighted by atomic mass is 19.3. The van der Waals surface area contributed by atoms with Gasteiger partial charge in [-0.2, -0.15) is 0 Å². The summed E-state index contributed by atoms with van der Waals surface area (Å²) in [4.78, 5) is 0. The number of aryl methyl sites for hydroxylation is 1. The van der Waals surface area contributed by atoms with Crippen molar-refractivity contribution in [2.45, 2.75) is 51.5 Å². The molecule has 0 aliphatic heterocycles. The van der Waals surface area contributed by atoms with Gasteiger partial charge >= 0.3 is 0 Å². The number of alkyl halides is 2. The van der Waals surface area contributed by atoms with E-state index in [-0.39, 0.29) is 12.0 Å². The smallest absolute Gasteiger partial charge is 0.274 e. The van der Waals surface area contributed by atoms with Gasteiger partial charge in [0.1, 0.15) is 0 Å². The number of benzene rings is 1. The number of hydrogen-bond donors (Lipinski definition) is 1. The fraction of sp³-hybridized carbons (Fsp3) is 0.571. The third-order valence-corrected chi connectivity index (χ3v) is 2.59. The summed E-state index contributed by atoms with van der Waals surface area (Å²) in [6.07, 6.45) is 1.60. The Morgan fingerprint density at radius 2 is 1.65 bits per heavy atom. The highest BCUT2D eigenvalue weighted by Gasteiger charge is 2.36. The zero-order valence-corrected chi connectivity index (χ0v) is 10.8. The van der Waals surface area contributed by atoms with Crippen LogP contribution in [0, 0.1) is 0 Å². The van der Waals surface area contributed by atoms with E-state index in [1.165, 1.54) is 12.1 Å². The molecule has 3 heteroatoms. The van der Waals surface area contributed by atoms with Crippen molar-refractivity contribution in [3.8, 4) is 0 Å². The Balaban J connectivity index is 2.84. The molecule has 17 heavy (non-hydrogen) atoms. The van der Waals surface area contributed by atoms with Crippen LogP contribution in [0.5, 0.6) is 0 Å². The molecule has 0 spiro atoms. The summed E-state index contributed by atoms with van der Waals surface area (Å²) in [6.45, 7) is 5.30. The van der Waals surface area contributed by atoms with Gasteiger partial charge in [0.15, 0.2) is 0 Å². The molecular weight excluding hydrogens is 220 g/mol. The van der Waals surface area contributed by atoms with E-state index < -0.39 is 11.5 Å². The predicted octanol–water partition coefficient (Wildman–Crippen LogP) is 3.86. The number of rotatable bonds is 5. The van der Waals surface area contributed by atoms with Crippen LogP contribution in [0.15, 0.2) is 24.3 Å². The second kappa shape index (κ2) is 5.13. The van der Waals surface area contributed by atoms with Crippen molar-refractivity contribution in [3.63, 3.8) is 0 Å². The molecule has 1 aromatic carbocycles. The molecule has 0 radical (unpaired) electrons. The number of halogens is 2. The lowest BCUT2D eigenvalue weighted by Crippen LogP contribution is -2.38. The molecule has 0 aliphatic rings. The lowest BCUT2D eigenvalue weighted by Gasteiger charge is -2.26. The zero-order valence-electron chi connectivity index (χ0n) is 10.8. The number of hydrogen-bond acceptors (Lipinski definition) is 1. The van der Waals surface area contributed by atoms with Gasteiger partial charge in [-0.1, -0.05) is 37.6 Å². The van der Waals surface area contributed by atoms with Gasteiger partial charge in [-0.25, -0.2) is 8.78 Å². The molecule has 1 aromatic rings. The predicted molar refractivity (Wildman–Crippen MR) is 67.2 cm³/mol. The molecule has 0 aromatic heterocycles. The van der Waals surface area contributed by atoms with Gasteiger partial charge in [0, 0.05) is 17.5 Å². The molecule has 0 atom stereocenters. The Morgan fingerprint density at radius 1 is 1.12 bits per heavy atom. The van der Waals surface area contributed by atoms with E-state index in [2.05, 4.69) is 6.92 Å². The van der Waals surface area contributed by atoms with Crippen LogP contribution in [0.1, 0.15) is 44.7 Å². The molecule has 0 aliphatic carbocycles. The van der Waals surface area contributed by atoms with E-state index in [1.807, 2.05) is 0 Å². The maximum atomic E-state index is 13.9. The third-order valence-electron chi connectivity index (χ3n) is 2.59. The van der Waals surface area contributed by atoms with Gasteiger partial charge in [-0.05, 0) is 25.8 Å². The van der Waals surface area contributed by atoms with Crippen molar-refractivity contribution in [1.82, 2.24) is 0 Å². The van der Waals surface area contributed by atoms with Crippen molar-refractivity contribution in [1.29, 1.82) is 0 Å². The maximum Gasteiger partial charge on any atom is 0.274 e. The van der Waals surface area contributed by atoms with Crippen LogP contribution in [0.4, 0.5) is 8.78 Å². The largest absolute Gasteiger partial charge is 0.325 e. The van der Waals surface area contributed by atoms with Crippen molar-refractivity contribution >= 4 is 0 Å². The topological polar surface area (TPSA) is 26.0 Å². The molecule has 2 N–H and O–H groups in total. The summed E-state index contributed by atoms with van der Waals surface area (Å²) in [5, 5.41) is 0. The quantitative estimate of drug-likeness (QED) is 0.832. The minimum Gasteiger partial charge on any atom is -0.325 e. The van der Waals surface area contributed by atoms with Gasteiger partial charge in [0.2, 0.25) is 0 Å². The third kappa shape index (κ3) is 4.43. The van der Waals surface area contributed by atoms with E-state index in [0.29, 0.717) is 0 Å². The van der Waals surface area contributed by atoms with Gasteiger partial charge in [0.25, 0.3) is 5.92 Å². The molecule has 0 bridgehead atoms. The fourth-order valence-corrected chi connectivity index (χ4v) is 1.88. The van der Waals surface area contributed by atoms with Gasteiger partial charge in [0.05, 0.1) is 0 Å². The lowest BCUT2D eigenvalue weighted by atomic mass is 9.92. The Morgan fingerprint density at radius 3 is 2.06 bits per heavy atom. The van der Waals surface area contributed by atoms with E-state index in [4.69, 9.17) is 5.73 Å². The van der Waals surface area contributed by atoms with Crippen LogP contribution in [-0.2, 0) is 12.3 Å². The molecule has 0 unspecified atom stereocenters. The molecule has 0 amide bonds. The standard InChI is InChI=1S/C14H21F2N/c1-4-5-11-6-8-12(9-7-11)14(15,16)10-13(2,3)17/h6-9H,4-5,10,17H2,1-3H3. The summed E-state index contributed by atoms with van der Waals surface area (Å²) < 4.78 is 27.8. The number of nitrogens with two attached hydrogens (primary N) is 1. The first-order valence-corrected chi connectivity index (χ1v) is 6.01. The minimum absolute atomic E-state index is 0.0517. The van der Waals surface area contributed by atoms with Crippen LogP contribution in [0.2, 0.25) is 0 Å². The summed E-state index contributed by atoms with van der Waals surface area (Å²) in [7, 11) is 0. The van der Waals surface area contributed by atoms with Crippen molar-refractivity contribution < 1.29 is 8.78 Å². The molecule has 0 fully saturated rings. The second-order valence-corrected chi connectivity index (χ2v) is 5.32. The Bertz CT molecular complexity index is 349. The Kier molecular flexibility index (Phi) is 4.26. The van der Waals surface area contributed by atoms with Gasteiger partial charge < -0.3 is 5.73 Å². The van der Waals surface area contributed by atoms with Crippen molar-refractivity contribution in [2.75, 3.05) is 0 Å². The molecule has 96 valence electrons. The molecule has 1 rings (SSSR count). The lowest BCUT2D eigenvalue weighted by molar-refractivity contribution is -0.0295. The van der Waals surface area contributed by atoms with Gasteiger partial charge in [-0.15, -0.1) is 0 Å². The normalized spacial score (nSPS) is 12.8. The molecule has 0 saturated carbocycles. The van der Waals surface area contributed by atoms with Crippen LogP contribution in [0.3, 0.4) is 0 Å². The van der Waals surface area contributed by atoms with E-state index >= 15 is 0 Å². The highest BCUT2D eigenvalue weighted by molar-refractivity contribution is 5.26. The Hall–Kier alpha value is -0.960. The first-order chi connectivity index (χ1) is 7.74. The summed E-state index contributed by atoms with van der Waals surface area (Å²) in [5.41, 5.74) is 5.94. The average Bonchev–Trinajstić information content (AvgIpc) is 2.15. The van der Waals surface area contributed by atoms with Crippen LogP contribution in [-0.4, -0.2) is 5.54 Å². The minimum atomic E-state index is -2.86. The van der Waals surface area contributed by atoms with Gasteiger partial charge in [-0.3, -0.25) is 0 Å². The molecule has 1 nitrogen and oxygen atoms in total. The van der Waals surface area contributed by atoms with Crippen LogP contribution >= 0.6 is 0 Å². The monoisotopic (exact) mass is 241 g/mol. The van der Waals surface area contributed by atoms with E-state index in [1.54, 1.807) is 26.0 Å². The zero-order chi connectivity index (χ0) is 13.1. The summed E-state index contributed by atoms with van der Waals surface area (Å²) in [6, 6.07) is 6.57. The van der Waals surface area contributed by atoms with Crippen molar-refractivity contribution in [3.05, 3.63) is 35.4 Å². The SMILES string of the molecule is CCCc1ccc(C(F)(F)CC(C)(C)N)cc1. The molecule has 0 saturated heterocycles. The highest BCUT2D eigenvalue weighted by Crippen LogP contribution is 2.35. The summed E-state index contributed by atoms with van der Waals surface area (Å²) in [5.74, 6) is -2.86. The van der Waals surface area contributed by atoms with Crippen molar-refractivity contribution in [2.24, 2.45) is 5.73 Å². The Labute approximate surface area is 102 Å². The molecular formula is C14H21F2N. The second-order valence-electron chi connectivity index (χ2n) is 5.32. The van der Waals surface area contributed by atoms with E-state index in [9.17, 15) is 8.78 Å². The van der Waals surface area contributed by atoms with Crippen LogP contribution < -0.4 is 5.73 Å². The fourth-order valence-electron chi connectivity index (χ4n) is 1.88. The first kappa shape index (κ1) is 14.1.